The Labute approximate surface area is 141 Å². The van der Waals surface area contributed by atoms with Gasteiger partial charge in [0.1, 0.15) is 0 Å². The van der Waals surface area contributed by atoms with Gasteiger partial charge in [0.25, 0.3) is 5.91 Å². The third-order valence-electron chi connectivity index (χ3n) is 3.37. The molecule has 0 bridgehead atoms. The van der Waals surface area contributed by atoms with E-state index in [4.69, 9.17) is 17.3 Å². The van der Waals surface area contributed by atoms with Crippen LogP contribution in [0, 0.1) is 0 Å². The van der Waals surface area contributed by atoms with Gasteiger partial charge in [-0.15, -0.1) is 0 Å². The van der Waals surface area contributed by atoms with Crippen molar-refractivity contribution in [1.82, 2.24) is 15.1 Å². The molecule has 2 aromatic rings. The fourth-order valence-electron chi connectivity index (χ4n) is 2.28. The third-order valence-corrected chi connectivity index (χ3v) is 3.63. The van der Waals surface area contributed by atoms with E-state index in [0.29, 0.717) is 17.1 Å². The van der Waals surface area contributed by atoms with Gasteiger partial charge in [0.2, 0.25) is 0 Å². The number of halogens is 1. The Bertz CT molecular complexity index is 684. The maximum absolute atomic E-state index is 12.5. The normalized spacial score (nSPS) is 11.8. The summed E-state index contributed by atoms with van der Waals surface area (Å²) in [7, 11) is 0. The van der Waals surface area contributed by atoms with E-state index in [2.05, 4.69) is 10.4 Å². The van der Waals surface area contributed by atoms with Crippen molar-refractivity contribution in [2.45, 2.75) is 39.2 Å². The van der Waals surface area contributed by atoms with Gasteiger partial charge in [0.15, 0.2) is 0 Å². The lowest BCUT2D eigenvalue weighted by molar-refractivity contribution is 0.0944. The number of amides is 1. The van der Waals surface area contributed by atoms with Gasteiger partial charge in [0, 0.05) is 17.1 Å². The number of hydrogen-bond acceptors (Lipinski definition) is 3. The summed E-state index contributed by atoms with van der Waals surface area (Å²) in [6.45, 7) is 8.21. The van der Waals surface area contributed by atoms with Crippen molar-refractivity contribution in [3.8, 4) is 5.69 Å². The van der Waals surface area contributed by atoms with Crippen molar-refractivity contribution in [1.29, 1.82) is 0 Å². The highest BCUT2D eigenvalue weighted by molar-refractivity contribution is 6.30. The fraction of sp³-hybridized carbons (Fsp3) is 0.412. The van der Waals surface area contributed by atoms with E-state index in [1.165, 1.54) is 0 Å². The summed E-state index contributed by atoms with van der Waals surface area (Å²) in [6.07, 6.45) is 1.60. The molecule has 124 valence electrons. The van der Waals surface area contributed by atoms with Crippen molar-refractivity contribution >= 4 is 17.5 Å². The van der Waals surface area contributed by atoms with Gasteiger partial charge >= 0.3 is 0 Å². The third kappa shape index (κ3) is 4.33. The molecule has 0 fully saturated rings. The first-order valence-electron chi connectivity index (χ1n) is 7.60. The highest BCUT2D eigenvalue weighted by Crippen LogP contribution is 2.24. The summed E-state index contributed by atoms with van der Waals surface area (Å²) >= 11 is 5.94. The first kappa shape index (κ1) is 17.5. The zero-order chi connectivity index (χ0) is 17.2. The topological polar surface area (TPSA) is 72.9 Å². The molecule has 3 N–H and O–H groups in total. The molecule has 0 unspecified atom stereocenters. The number of nitrogens with zero attached hydrogens (tertiary/aromatic N) is 2. The second-order valence-electron chi connectivity index (χ2n) is 6.66. The fourth-order valence-corrected chi connectivity index (χ4v) is 2.41. The average Bonchev–Trinajstić information content (AvgIpc) is 2.90. The van der Waals surface area contributed by atoms with Crippen LogP contribution < -0.4 is 11.1 Å². The van der Waals surface area contributed by atoms with E-state index in [1.807, 2.05) is 39.8 Å². The standard InChI is InChI=1S/C17H23ClN4O/c1-11(2)15-14(16(23)20-10-17(3,4)19)9-21-22(15)13-7-5-12(18)6-8-13/h5-9,11H,10,19H2,1-4H3,(H,20,23). The van der Waals surface area contributed by atoms with Crippen molar-refractivity contribution < 1.29 is 4.79 Å². The predicted molar refractivity (Wildman–Crippen MR) is 93.3 cm³/mol. The molecule has 0 radical (unpaired) electrons. The Morgan fingerprint density at radius 1 is 1.35 bits per heavy atom. The zero-order valence-corrected chi connectivity index (χ0v) is 14.7. The summed E-state index contributed by atoms with van der Waals surface area (Å²) in [5.41, 5.74) is 7.76. The van der Waals surface area contributed by atoms with Gasteiger partial charge in [-0.25, -0.2) is 4.68 Å². The average molecular weight is 335 g/mol. The highest BCUT2D eigenvalue weighted by atomic mass is 35.5. The molecular weight excluding hydrogens is 312 g/mol. The molecule has 1 aromatic heterocycles. The molecule has 0 saturated heterocycles. The van der Waals surface area contributed by atoms with Gasteiger partial charge in [-0.3, -0.25) is 4.79 Å². The Kier molecular flexibility index (Phi) is 5.12. The van der Waals surface area contributed by atoms with E-state index >= 15 is 0 Å². The van der Waals surface area contributed by atoms with Crippen LogP contribution in [0.25, 0.3) is 5.69 Å². The molecule has 1 heterocycles. The van der Waals surface area contributed by atoms with E-state index in [1.54, 1.807) is 23.0 Å². The summed E-state index contributed by atoms with van der Waals surface area (Å²) in [5.74, 6) is -0.0211. The molecule has 1 amide bonds. The van der Waals surface area contributed by atoms with E-state index < -0.39 is 5.54 Å². The Balaban J connectivity index is 2.35. The van der Waals surface area contributed by atoms with Crippen LogP contribution in [0.2, 0.25) is 5.02 Å². The lowest BCUT2D eigenvalue weighted by atomic mass is 10.0. The molecule has 0 spiro atoms. The van der Waals surface area contributed by atoms with Crippen LogP contribution in [0.3, 0.4) is 0 Å². The maximum atomic E-state index is 12.5. The quantitative estimate of drug-likeness (QED) is 0.882. The second kappa shape index (κ2) is 6.72. The van der Waals surface area contributed by atoms with Crippen molar-refractivity contribution in [3.05, 3.63) is 46.7 Å². The van der Waals surface area contributed by atoms with E-state index in [0.717, 1.165) is 11.4 Å². The molecular formula is C17H23ClN4O. The van der Waals surface area contributed by atoms with Crippen LogP contribution in [0.1, 0.15) is 49.7 Å². The van der Waals surface area contributed by atoms with E-state index in [9.17, 15) is 4.79 Å². The molecule has 0 aliphatic rings. The van der Waals surface area contributed by atoms with Crippen molar-refractivity contribution in [2.75, 3.05) is 6.54 Å². The lowest BCUT2D eigenvalue weighted by Gasteiger charge is -2.19. The number of aromatic nitrogens is 2. The number of rotatable bonds is 5. The highest BCUT2D eigenvalue weighted by Gasteiger charge is 2.22. The molecule has 0 aliphatic heterocycles. The van der Waals surface area contributed by atoms with E-state index in [-0.39, 0.29) is 11.8 Å². The molecule has 2 rings (SSSR count). The smallest absolute Gasteiger partial charge is 0.254 e. The molecule has 6 heteroatoms. The monoisotopic (exact) mass is 334 g/mol. The van der Waals surface area contributed by atoms with Gasteiger partial charge in [-0.2, -0.15) is 5.10 Å². The first-order chi connectivity index (χ1) is 10.7. The summed E-state index contributed by atoms with van der Waals surface area (Å²) in [5, 5.41) is 7.92. The number of benzene rings is 1. The van der Waals surface area contributed by atoms with Crippen LogP contribution in [0.15, 0.2) is 30.5 Å². The number of nitrogens with one attached hydrogen (secondary N) is 1. The summed E-state index contributed by atoms with van der Waals surface area (Å²) in [6, 6.07) is 7.37. The van der Waals surface area contributed by atoms with Crippen LogP contribution >= 0.6 is 11.6 Å². The van der Waals surface area contributed by atoms with Crippen LogP contribution in [0.4, 0.5) is 0 Å². The number of hydrogen-bond donors (Lipinski definition) is 2. The van der Waals surface area contributed by atoms with Gasteiger partial charge < -0.3 is 11.1 Å². The minimum Gasteiger partial charge on any atom is -0.350 e. The predicted octanol–water partition coefficient (Wildman–Crippen LogP) is 3.12. The Morgan fingerprint density at radius 2 is 1.96 bits per heavy atom. The van der Waals surface area contributed by atoms with Crippen molar-refractivity contribution in [2.24, 2.45) is 5.73 Å². The van der Waals surface area contributed by atoms with Crippen LogP contribution in [-0.4, -0.2) is 27.8 Å². The summed E-state index contributed by atoms with van der Waals surface area (Å²) in [4.78, 5) is 12.5. The van der Waals surface area contributed by atoms with Crippen LogP contribution in [0.5, 0.6) is 0 Å². The number of carbonyl (C=O) groups is 1. The van der Waals surface area contributed by atoms with Crippen LogP contribution in [-0.2, 0) is 0 Å². The zero-order valence-electron chi connectivity index (χ0n) is 13.9. The van der Waals surface area contributed by atoms with Gasteiger partial charge in [-0.05, 0) is 44.0 Å². The van der Waals surface area contributed by atoms with Crippen molar-refractivity contribution in [3.63, 3.8) is 0 Å². The molecule has 0 atom stereocenters. The molecule has 1 aromatic carbocycles. The first-order valence-corrected chi connectivity index (χ1v) is 7.98. The molecule has 23 heavy (non-hydrogen) atoms. The largest absolute Gasteiger partial charge is 0.350 e. The SMILES string of the molecule is CC(C)c1c(C(=O)NCC(C)(C)N)cnn1-c1ccc(Cl)cc1. The molecule has 0 saturated carbocycles. The number of carbonyl (C=O) groups excluding carboxylic acids is 1. The second-order valence-corrected chi connectivity index (χ2v) is 7.09. The maximum Gasteiger partial charge on any atom is 0.254 e. The molecule has 0 aliphatic carbocycles. The molecule has 5 nitrogen and oxygen atoms in total. The Hall–Kier alpha value is -1.85. The minimum atomic E-state index is -0.459. The van der Waals surface area contributed by atoms with Gasteiger partial charge in [-0.1, -0.05) is 25.4 Å². The minimum absolute atomic E-state index is 0.139. The number of nitrogens with two attached hydrogens (primary N) is 1. The summed E-state index contributed by atoms with van der Waals surface area (Å²) < 4.78 is 1.78. The van der Waals surface area contributed by atoms with Gasteiger partial charge in [0.05, 0.1) is 23.1 Å². The lowest BCUT2D eigenvalue weighted by Crippen LogP contribution is -2.45. The Morgan fingerprint density at radius 3 is 2.48 bits per heavy atom.